The van der Waals surface area contributed by atoms with Crippen LogP contribution in [0.4, 0.5) is 0 Å². The molecule has 1 rings (SSSR count). The van der Waals surface area contributed by atoms with Gasteiger partial charge in [-0.25, -0.2) is 8.42 Å². The molecular weight excluding hydrogens is 306 g/mol. The van der Waals surface area contributed by atoms with Gasteiger partial charge in [0.05, 0.1) is 6.04 Å². The topological polar surface area (TPSA) is 80.2 Å². The van der Waals surface area contributed by atoms with Gasteiger partial charge in [-0.3, -0.25) is 4.79 Å². The van der Waals surface area contributed by atoms with E-state index >= 15 is 0 Å². The Labute approximate surface area is 121 Å². The lowest BCUT2D eigenvalue weighted by atomic mass is 10.2. The molecule has 0 saturated heterocycles. The molecule has 1 unspecified atom stereocenters. The predicted molar refractivity (Wildman–Crippen MR) is 78.0 cm³/mol. The molecule has 0 fully saturated rings. The molecule has 6 nitrogen and oxygen atoms in total. The fraction of sp³-hybridized carbons (Fsp3) is 0.600. The molecule has 106 valence electrons. The number of sulfone groups is 1. The zero-order valence-electron chi connectivity index (χ0n) is 10.9. The van der Waals surface area contributed by atoms with Crippen LogP contribution in [-0.2, 0) is 26.8 Å². The first-order valence-electron chi connectivity index (χ1n) is 5.40. The maximum atomic E-state index is 11.3. The lowest BCUT2D eigenvalue weighted by molar-refractivity contribution is -0.128. The first kappa shape index (κ1) is 16.1. The van der Waals surface area contributed by atoms with Crippen molar-refractivity contribution >= 4 is 44.7 Å². The molecule has 1 atom stereocenters. The first-order valence-corrected chi connectivity index (χ1v) is 8.75. The Kier molecular flexibility index (Phi) is 5.50. The number of likely N-dealkylation sites (N-methyl/N-ethyl adjacent to an activating group) is 1. The SMILES string of the molecule is CC(=O)N(C)C(C=S)Cc1nnc(CS(C)(=O)=O)s1. The molecule has 1 aromatic rings. The highest BCUT2D eigenvalue weighted by atomic mass is 32.2. The van der Waals surface area contributed by atoms with Gasteiger partial charge in [-0.2, -0.15) is 0 Å². The molecule has 0 spiro atoms. The minimum Gasteiger partial charge on any atom is -0.338 e. The van der Waals surface area contributed by atoms with E-state index in [1.54, 1.807) is 7.05 Å². The quantitative estimate of drug-likeness (QED) is 0.709. The van der Waals surface area contributed by atoms with Crippen LogP contribution < -0.4 is 0 Å². The lowest BCUT2D eigenvalue weighted by Gasteiger charge is -2.22. The molecule has 0 aliphatic rings. The van der Waals surface area contributed by atoms with Crippen LogP contribution in [-0.4, -0.2) is 54.1 Å². The Morgan fingerprint density at radius 1 is 1.47 bits per heavy atom. The second kappa shape index (κ2) is 6.49. The largest absolute Gasteiger partial charge is 0.338 e. The van der Waals surface area contributed by atoms with Gasteiger partial charge in [0.15, 0.2) is 9.84 Å². The van der Waals surface area contributed by atoms with E-state index in [0.717, 1.165) is 6.26 Å². The summed E-state index contributed by atoms with van der Waals surface area (Å²) in [6.45, 7) is 1.46. The van der Waals surface area contributed by atoms with Gasteiger partial charge in [0, 0.05) is 32.0 Å². The number of carbonyl (C=O) groups is 1. The lowest BCUT2D eigenvalue weighted by Crippen LogP contribution is -2.37. The average Bonchev–Trinajstić information content (AvgIpc) is 2.69. The molecule has 1 amide bonds. The Hall–Kier alpha value is -0.930. The van der Waals surface area contributed by atoms with E-state index < -0.39 is 9.84 Å². The van der Waals surface area contributed by atoms with E-state index in [-0.39, 0.29) is 17.7 Å². The molecule has 0 bridgehead atoms. The highest BCUT2D eigenvalue weighted by Gasteiger charge is 2.18. The highest BCUT2D eigenvalue weighted by Crippen LogP contribution is 2.15. The Bertz CT molecular complexity index is 568. The van der Waals surface area contributed by atoms with Crippen molar-refractivity contribution in [3.05, 3.63) is 10.0 Å². The molecule has 0 radical (unpaired) electrons. The summed E-state index contributed by atoms with van der Waals surface area (Å²) in [7, 11) is -1.45. The van der Waals surface area contributed by atoms with Crippen LogP contribution in [0.25, 0.3) is 0 Å². The van der Waals surface area contributed by atoms with E-state index in [1.807, 2.05) is 0 Å². The van der Waals surface area contributed by atoms with Crippen molar-refractivity contribution in [2.24, 2.45) is 0 Å². The molecule has 1 heterocycles. The van der Waals surface area contributed by atoms with Crippen molar-refractivity contribution in [3.63, 3.8) is 0 Å². The van der Waals surface area contributed by atoms with E-state index in [0.29, 0.717) is 16.4 Å². The molecule has 9 heteroatoms. The molecule has 0 N–H and O–H groups in total. The van der Waals surface area contributed by atoms with Gasteiger partial charge in [-0.05, 0) is 0 Å². The monoisotopic (exact) mass is 321 g/mol. The number of aromatic nitrogens is 2. The third kappa shape index (κ3) is 5.29. The van der Waals surface area contributed by atoms with Crippen LogP contribution >= 0.6 is 23.6 Å². The van der Waals surface area contributed by atoms with Crippen molar-refractivity contribution < 1.29 is 13.2 Å². The molecular formula is C10H15N3O3S3. The zero-order chi connectivity index (χ0) is 14.6. The number of carbonyl (C=O) groups excluding carboxylic acids is 1. The van der Waals surface area contributed by atoms with Crippen LogP contribution in [0.3, 0.4) is 0 Å². The predicted octanol–water partition coefficient (Wildman–Crippen LogP) is 0.472. The Morgan fingerprint density at radius 2 is 2.05 bits per heavy atom. The van der Waals surface area contributed by atoms with Gasteiger partial charge in [0.1, 0.15) is 15.8 Å². The third-order valence-corrected chi connectivity index (χ3v) is 4.67. The molecule has 1 aromatic heterocycles. The van der Waals surface area contributed by atoms with Crippen molar-refractivity contribution in [3.8, 4) is 0 Å². The summed E-state index contributed by atoms with van der Waals surface area (Å²) >= 11 is 6.13. The van der Waals surface area contributed by atoms with Gasteiger partial charge in [0.2, 0.25) is 5.91 Å². The second-order valence-corrected chi connectivity index (χ2v) is 7.76. The van der Waals surface area contributed by atoms with Crippen LogP contribution in [0.1, 0.15) is 16.9 Å². The standard InChI is InChI=1S/C10H15N3O3S3/c1-7(14)13(2)8(5-17)4-9-11-12-10(18-9)6-19(3,15)16/h5,8H,4,6H2,1-3H3. The van der Waals surface area contributed by atoms with Crippen molar-refractivity contribution in [1.29, 1.82) is 0 Å². The van der Waals surface area contributed by atoms with E-state index in [4.69, 9.17) is 12.2 Å². The molecule has 0 aliphatic carbocycles. The summed E-state index contributed by atoms with van der Waals surface area (Å²) < 4.78 is 22.3. The average molecular weight is 321 g/mol. The third-order valence-electron chi connectivity index (χ3n) is 2.43. The van der Waals surface area contributed by atoms with Gasteiger partial charge in [-0.1, -0.05) is 12.2 Å². The molecule has 19 heavy (non-hydrogen) atoms. The van der Waals surface area contributed by atoms with Gasteiger partial charge in [0.25, 0.3) is 0 Å². The van der Waals surface area contributed by atoms with Gasteiger partial charge < -0.3 is 4.90 Å². The van der Waals surface area contributed by atoms with Crippen LogP contribution in [0.15, 0.2) is 0 Å². The number of hydrogen-bond acceptors (Lipinski definition) is 7. The van der Waals surface area contributed by atoms with E-state index in [1.165, 1.54) is 28.5 Å². The summed E-state index contributed by atoms with van der Waals surface area (Å²) in [5.41, 5.74) is 0. The van der Waals surface area contributed by atoms with Gasteiger partial charge in [-0.15, -0.1) is 21.5 Å². The van der Waals surface area contributed by atoms with E-state index in [9.17, 15) is 13.2 Å². The van der Waals surface area contributed by atoms with Gasteiger partial charge >= 0.3 is 0 Å². The fourth-order valence-electron chi connectivity index (χ4n) is 1.34. The van der Waals surface area contributed by atoms with Crippen LogP contribution in [0.2, 0.25) is 0 Å². The smallest absolute Gasteiger partial charge is 0.219 e. The summed E-state index contributed by atoms with van der Waals surface area (Å²) in [6.07, 6.45) is 1.60. The van der Waals surface area contributed by atoms with Crippen LogP contribution in [0, 0.1) is 0 Å². The maximum absolute atomic E-state index is 11.3. The number of amides is 1. The normalized spacial score (nSPS) is 13.0. The van der Waals surface area contributed by atoms with Crippen molar-refractivity contribution in [2.45, 2.75) is 25.1 Å². The summed E-state index contributed by atoms with van der Waals surface area (Å²) in [4.78, 5) is 12.8. The number of hydrogen-bond donors (Lipinski definition) is 0. The zero-order valence-corrected chi connectivity index (χ0v) is 13.3. The summed E-state index contributed by atoms with van der Waals surface area (Å²) in [5, 5.41) is 10.4. The number of thiocarbonyl (C=S) groups is 1. The second-order valence-electron chi connectivity index (χ2n) is 4.20. The van der Waals surface area contributed by atoms with Crippen LogP contribution in [0.5, 0.6) is 0 Å². The van der Waals surface area contributed by atoms with Crippen molar-refractivity contribution in [1.82, 2.24) is 15.1 Å². The molecule has 0 aromatic carbocycles. The minimum atomic E-state index is -3.11. The number of rotatable bonds is 6. The summed E-state index contributed by atoms with van der Waals surface area (Å²) in [5.74, 6) is -0.206. The molecule has 0 aliphatic heterocycles. The molecule has 0 saturated carbocycles. The van der Waals surface area contributed by atoms with Crippen molar-refractivity contribution in [2.75, 3.05) is 13.3 Å². The Balaban J connectivity index is 2.77. The summed E-state index contributed by atoms with van der Waals surface area (Å²) in [6, 6.07) is -0.244. The minimum absolute atomic E-state index is 0.0908. The highest BCUT2D eigenvalue weighted by molar-refractivity contribution is 7.90. The van der Waals surface area contributed by atoms with E-state index in [2.05, 4.69) is 10.2 Å². The fourth-order valence-corrected chi connectivity index (χ4v) is 3.69. The maximum Gasteiger partial charge on any atom is 0.219 e. The number of nitrogens with zero attached hydrogens (tertiary/aromatic N) is 3. The Morgan fingerprint density at radius 3 is 2.53 bits per heavy atom. The first-order chi connectivity index (χ1) is 8.73.